The molecule has 0 radical (unpaired) electrons. The van der Waals surface area contributed by atoms with E-state index in [-0.39, 0.29) is 5.70 Å². The normalized spacial score (nSPS) is 19.8. The van der Waals surface area contributed by atoms with Crippen LogP contribution in [0.1, 0.15) is 0 Å². The lowest BCUT2D eigenvalue weighted by Crippen LogP contribution is -1.80. The molecule has 0 N–H and O–H groups in total. The molecule has 1 aliphatic heterocycles. The summed E-state index contributed by atoms with van der Waals surface area (Å²) in [6.07, 6.45) is 1.82. The molecule has 0 unspecified atom stereocenters. The predicted molar refractivity (Wildman–Crippen MR) is 40.8 cm³/mol. The van der Waals surface area contributed by atoms with Crippen molar-refractivity contribution >= 4 is 11.8 Å². The van der Waals surface area contributed by atoms with Crippen LogP contribution in [0.15, 0.2) is 22.8 Å². The van der Waals surface area contributed by atoms with Crippen LogP contribution in [0.2, 0.25) is 0 Å². The van der Waals surface area contributed by atoms with E-state index in [9.17, 15) is 0 Å². The van der Waals surface area contributed by atoms with Crippen molar-refractivity contribution in [1.29, 1.82) is 5.26 Å². The monoisotopic (exact) mass is 148 g/mol. The number of hydrogen-bond acceptors (Lipinski definition) is 2. The first-order valence-corrected chi connectivity index (χ1v) is 3.72. The molecule has 1 rings (SSSR count). The smallest absolute Gasteiger partial charge is 0.226 e. The average molecular weight is 148 g/mol. The summed E-state index contributed by atoms with van der Waals surface area (Å²) in [5.41, 5.74) is 1.07. The maximum atomic E-state index is 8.42. The average Bonchev–Trinajstić information content (AvgIpc) is 2.43. The third-order valence-corrected chi connectivity index (χ3v) is 1.93. The lowest BCUT2D eigenvalue weighted by atomic mass is 10.2. The molecule has 10 heavy (non-hydrogen) atoms. The van der Waals surface area contributed by atoms with Crippen LogP contribution in [0, 0.1) is 17.9 Å². The topological polar surface area (TPSA) is 28.1 Å². The Morgan fingerprint density at radius 1 is 1.90 bits per heavy atom. The summed E-state index contributed by atoms with van der Waals surface area (Å²) in [6, 6.07) is 1.85. The highest BCUT2D eigenvalue weighted by atomic mass is 32.2. The van der Waals surface area contributed by atoms with E-state index in [0.717, 1.165) is 11.3 Å². The molecule has 0 saturated carbocycles. The van der Waals surface area contributed by atoms with E-state index in [0.29, 0.717) is 0 Å². The molecule has 0 atom stereocenters. The Hall–Kier alpha value is -1.19. The lowest BCUT2D eigenvalue weighted by Gasteiger charge is -1.88. The lowest BCUT2D eigenvalue weighted by molar-refractivity contribution is 1.44. The fourth-order valence-corrected chi connectivity index (χ4v) is 1.40. The number of hydrogen-bond donors (Lipinski definition) is 0. The Labute approximate surface area is 63.7 Å². The molecule has 0 aromatic carbocycles. The molecule has 1 aliphatic rings. The predicted octanol–water partition coefficient (Wildman–Crippen LogP) is 1.94. The molecular formula is C7H4N2S. The zero-order valence-electron chi connectivity index (χ0n) is 5.16. The molecule has 0 aromatic heterocycles. The fourth-order valence-electron chi connectivity index (χ4n) is 0.632. The summed E-state index contributed by atoms with van der Waals surface area (Å²) in [6.45, 7) is 6.63. The summed E-state index contributed by atoms with van der Waals surface area (Å²) in [7, 11) is 0. The Morgan fingerprint density at radius 3 is 3.10 bits per heavy atom. The number of nitrogens with zero attached hydrogens (tertiary/aromatic N) is 2. The van der Waals surface area contributed by atoms with Crippen LogP contribution in [-0.4, -0.2) is 5.75 Å². The summed E-state index contributed by atoms with van der Waals surface area (Å²) in [4.78, 5) is 3.09. The zero-order chi connectivity index (χ0) is 7.40. The second-order valence-electron chi connectivity index (χ2n) is 1.71. The second kappa shape index (κ2) is 3.10. The first kappa shape index (κ1) is 6.92. The number of allylic oxidation sites excluding steroid dienone is 2. The minimum absolute atomic E-state index is 0.223. The number of rotatable bonds is 0. The zero-order valence-corrected chi connectivity index (χ0v) is 5.98. The molecule has 0 spiro atoms. The Kier molecular flexibility index (Phi) is 2.15. The standard InChI is InChI=1S/C7H4N2S/c1-9-7(4-8)6-2-3-10-5-6/h2-3H,5H2. The van der Waals surface area contributed by atoms with Crippen LogP contribution in [-0.2, 0) is 0 Å². The first-order chi connectivity index (χ1) is 4.88. The van der Waals surface area contributed by atoms with Crippen LogP contribution in [0.3, 0.4) is 0 Å². The van der Waals surface area contributed by atoms with Gasteiger partial charge in [-0.25, -0.2) is 10.1 Å². The van der Waals surface area contributed by atoms with E-state index in [1.807, 2.05) is 17.6 Å². The van der Waals surface area contributed by atoms with Crippen molar-refractivity contribution in [2.45, 2.75) is 0 Å². The van der Waals surface area contributed by atoms with Crippen molar-refractivity contribution in [3.63, 3.8) is 0 Å². The maximum absolute atomic E-state index is 8.42. The quantitative estimate of drug-likeness (QED) is 0.388. The van der Waals surface area contributed by atoms with Crippen molar-refractivity contribution < 1.29 is 0 Å². The Morgan fingerprint density at radius 2 is 2.70 bits per heavy atom. The maximum Gasteiger partial charge on any atom is 0.265 e. The fraction of sp³-hybridized carbons (Fsp3) is 0.143. The molecule has 0 amide bonds. The van der Waals surface area contributed by atoms with Crippen LogP contribution in [0.4, 0.5) is 0 Å². The number of nitriles is 1. The van der Waals surface area contributed by atoms with Gasteiger partial charge < -0.3 is 0 Å². The third-order valence-electron chi connectivity index (χ3n) is 1.13. The second-order valence-corrected chi connectivity index (χ2v) is 2.61. The highest BCUT2D eigenvalue weighted by Gasteiger charge is 2.06. The van der Waals surface area contributed by atoms with Gasteiger partial charge in [0.05, 0.1) is 12.6 Å². The van der Waals surface area contributed by atoms with Crippen molar-refractivity contribution in [1.82, 2.24) is 0 Å². The molecule has 0 fully saturated rings. The molecule has 0 aromatic rings. The highest BCUT2D eigenvalue weighted by molar-refractivity contribution is 8.02. The Bertz CT molecular complexity index is 259. The van der Waals surface area contributed by atoms with Gasteiger partial charge in [0, 0.05) is 5.75 Å². The van der Waals surface area contributed by atoms with Gasteiger partial charge in [-0.05, 0) is 11.0 Å². The third kappa shape index (κ3) is 1.21. The number of thioether (sulfide) groups is 1. The highest BCUT2D eigenvalue weighted by Crippen LogP contribution is 2.22. The van der Waals surface area contributed by atoms with E-state index in [1.54, 1.807) is 11.8 Å². The largest absolute Gasteiger partial charge is 0.265 e. The van der Waals surface area contributed by atoms with Crippen LogP contribution < -0.4 is 0 Å². The molecular weight excluding hydrogens is 144 g/mol. The van der Waals surface area contributed by atoms with E-state index in [4.69, 9.17) is 11.8 Å². The van der Waals surface area contributed by atoms with Crippen LogP contribution in [0.25, 0.3) is 4.85 Å². The molecule has 0 bridgehead atoms. The van der Waals surface area contributed by atoms with E-state index in [1.165, 1.54) is 0 Å². The summed E-state index contributed by atoms with van der Waals surface area (Å²) in [5.74, 6) is 0.769. The Balaban J connectivity index is 2.97. The van der Waals surface area contributed by atoms with Crippen molar-refractivity contribution in [3.8, 4) is 6.07 Å². The van der Waals surface area contributed by atoms with Gasteiger partial charge in [-0.1, -0.05) is 6.08 Å². The van der Waals surface area contributed by atoms with E-state index < -0.39 is 0 Å². The molecule has 2 nitrogen and oxygen atoms in total. The van der Waals surface area contributed by atoms with Gasteiger partial charge in [0.15, 0.2) is 0 Å². The van der Waals surface area contributed by atoms with Gasteiger partial charge >= 0.3 is 0 Å². The van der Waals surface area contributed by atoms with Crippen LogP contribution >= 0.6 is 11.8 Å². The van der Waals surface area contributed by atoms with Crippen molar-refractivity contribution in [2.24, 2.45) is 0 Å². The summed E-state index contributed by atoms with van der Waals surface area (Å²) in [5, 5.41) is 10.3. The molecule has 1 heterocycles. The SMILES string of the molecule is [C-]#[N+]C(C#N)=C1C=CSC1. The molecule has 0 aliphatic carbocycles. The van der Waals surface area contributed by atoms with E-state index >= 15 is 0 Å². The van der Waals surface area contributed by atoms with Crippen molar-refractivity contribution in [2.75, 3.05) is 5.75 Å². The van der Waals surface area contributed by atoms with Gasteiger partial charge in [0.1, 0.15) is 0 Å². The molecule has 3 heteroatoms. The first-order valence-electron chi connectivity index (χ1n) is 2.67. The van der Waals surface area contributed by atoms with Gasteiger partial charge in [0.2, 0.25) is 0 Å². The van der Waals surface area contributed by atoms with E-state index in [2.05, 4.69) is 4.85 Å². The minimum atomic E-state index is 0.223. The van der Waals surface area contributed by atoms with Gasteiger partial charge in [-0.3, -0.25) is 0 Å². The van der Waals surface area contributed by atoms with Gasteiger partial charge in [-0.2, -0.15) is 0 Å². The van der Waals surface area contributed by atoms with Gasteiger partial charge in [0.25, 0.3) is 5.70 Å². The minimum Gasteiger partial charge on any atom is -0.226 e. The molecule has 0 saturated heterocycles. The molecule has 48 valence electrons. The van der Waals surface area contributed by atoms with Crippen molar-refractivity contribution in [3.05, 3.63) is 34.2 Å². The summed E-state index contributed by atoms with van der Waals surface area (Å²) >= 11 is 1.61. The van der Waals surface area contributed by atoms with Gasteiger partial charge in [-0.15, -0.1) is 11.8 Å². The summed E-state index contributed by atoms with van der Waals surface area (Å²) < 4.78 is 0. The van der Waals surface area contributed by atoms with Crippen LogP contribution in [0.5, 0.6) is 0 Å².